The first-order chi connectivity index (χ1) is 11.0. The number of aromatic hydroxyl groups is 1. The molecule has 0 saturated heterocycles. The Balaban J connectivity index is 1.63. The number of ether oxygens (including phenoxy) is 1. The molecule has 1 N–H and O–H groups in total. The number of fused-ring (bicyclic) bond motifs is 5. The van der Waals surface area contributed by atoms with Gasteiger partial charge in [0.05, 0.1) is 0 Å². The van der Waals surface area contributed by atoms with Gasteiger partial charge in [-0.05, 0) is 79.5 Å². The Morgan fingerprint density at radius 1 is 1.26 bits per heavy atom. The van der Waals surface area contributed by atoms with E-state index < -0.39 is 0 Å². The van der Waals surface area contributed by atoms with E-state index in [0.717, 1.165) is 19.3 Å². The molecule has 1 aromatic rings. The van der Waals surface area contributed by atoms with Crippen LogP contribution in [0.15, 0.2) is 18.2 Å². The molecule has 0 radical (unpaired) electrons. The van der Waals surface area contributed by atoms with Gasteiger partial charge in [-0.3, -0.25) is 4.79 Å². The fourth-order valence-electron chi connectivity index (χ4n) is 5.91. The maximum absolute atomic E-state index is 11.4. The predicted octanol–water partition coefficient (Wildman–Crippen LogP) is 4.18. The van der Waals surface area contributed by atoms with Crippen LogP contribution in [-0.4, -0.2) is 17.2 Å². The molecule has 4 rings (SSSR count). The molecule has 0 heterocycles. The lowest BCUT2D eigenvalue weighted by Gasteiger charge is -2.50. The Bertz CT molecular complexity index is 638. The predicted molar refractivity (Wildman–Crippen MR) is 88.3 cm³/mol. The van der Waals surface area contributed by atoms with Gasteiger partial charge in [0.1, 0.15) is 11.9 Å². The number of esters is 1. The molecule has 1 aromatic carbocycles. The van der Waals surface area contributed by atoms with Gasteiger partial charge < -0.3 is 9.84 Å². The highest BCUT2D eigenvalue weighted by Gasteiger charge is 2.56. The molecule has 3 aliphatic rings. The average molecular weight is 314 g/mol. The Morgan fingerprint density at radius 2 is 2.09 bits per heavy atom. The Hall–Kier alpha value is -1.51. The molecule has 0 bridgehead atoms. The molecule has 0 aromatic heterocycles. The summed E-state index contributed by atoms with van der Waals surface area (Å²) in [5.41, 5.74) is 2.95. The summed E-state index contributed by atoms with van der Waals surface area (Å²) in [6, 6.07) is 5.93. The minimum absolute atomic E-state index is 0.104. The third-order valence-corrected chi connectivity index (χ3v) is 6.93. The van der Waals surface area contributed by atoms with Crippen LogP contribution < -0.4 is 0 Å². The molecule has 2 saturated carbocycles. The summed E-state index contributed by atoms with van der Waals surface area (Å²) >= 11 is 0. The monoisotopic (exact) mass is 314 g/mol. The van der Waals surface area contributed by atoms with Gasteiger partial charge in [0.2, 0.25) is 0 Å². The lowest BCUT2D eigenvalue weighted by Crippen LogP contribution is -2.45. The van der Waals surface area contributed by atoms with Crippen LogP contribution in [0.2, 0.25) is 0 Å². The highest BCUT2D eigenvalue weighted by Crippen LogP contribution is 2.61. The largest absolute Gasteiger partial charge is 0.508 e. The van der Waals surface area contributed by atoms with E-state index in [9.17, 15) is 9.90 Å². The maximum Gasteiger partial charge on any atom is 0.302 e. The van der Waals surface area contributed by atoms with Crippen LogP contribution in [0.4, 0.5) is 0 Å². The van der Waals surface area contributed by atoms with Crippen LogP contribution in [-0.2, 0) is 16.0 Å². The van der Waals surface area contributed by atoms with Crippen LogP contribution in [0, 0.1) is 17.3 Å². The smallest absolute Gasteiger partial charge is 0.302 e. The van der Waals surface area contributed by atoms with Crippen molar-refractivity contribution in [2.24, 2.45) is 17.3 Å². The van der Waals surface area contributed by atoms with Gasteiger partial charge in [0.25, 0.3) is 0 Å². The number of aryl methyl sites for hydroxylation is 1. The first-order valence-electron chi connectivity index (χ1n) is 8.98. The molecular formula is C20H26O3. The van der Waals surface area contributed by atoms with Gasteiger partial charge in [-0.15, -0.1) is 0 Å². The van der Waals surface area contributed by atoms with E-state index in [4.69, 9.17) is 4.74 Å². The van der Waals surface area contributed by atoms with Crippen molar-refractivity contribution < 1.29 is 14.6 Å². The molecule has 0 amide bonds. The molecule has 3 heteroatoms. The molecule has 5 atom stereocenters. The molecule has 23 heavy (non-hydrogen) atoms. The second-order valence-electron chi connectivity index (χ2n) is 8.02. The van der Waals surface area contributed by atoms with Crippen molar-refractivity contribution in [3.63, 3.8) is 0 Å². The molecule has 3 nitrogen and oxygen atoms in total. The zero-order chi connectivity index (χ0) is 16.2. The molecule has 0 spiro atoms. The first-order valence-corrected chi connectivity index (χ1v) is 8.98. The van der Waals surface area contributed by atoms with E-state index in [-0.39, 0.29) is 17.5 Å². The fourth-order valence-corrected chi connectivity index (χ4v) is 5.91. The minimum Gasteiger partial charge on any atom is -0.508 e. The lowest BCUT2D eigenvalue weighted by molar-refractivity contribution is -0.154. The van der Waals surface area contributed by atoms with Crippen LogP contribution in [0.3, 0.4) is 0 Å². The van der Waals surface area contributed by atoms with Crippen LogP contribution in [0.5, 0.6) is 5.75 Å². The summed E-state index contributed by atoms with van der Waals surface area (Å²) in [6.07, 6.45) is 6.89. The van der Waals surface area contributed by atoms with E-state index in [0.29, 0.717) is 23.5 Å². The van der Waals surface area contributed by atoms with Crippen molar-refractivity contribution in [1.29, 1.82) is 0 Å². The van der Waals surface area contributed by atoms with E-state index >= 15 is 0 Å². The van der Waals surface area contributed by atoms with Crippen molar-refractivity contribution in [1.82, 2.24) is 0 Å². The zero-order valence-electron chi connectivity index (χ0n) is 14.0. The maximum atomic E-state index is 11.4. The standard InChI is InChI=1S/C20H26O3/c1-12(21)23-19-8-7-18-17-5-3-13-11-14(22)4-6-15(13)16(17)9-10-20(18,19)2/h4,6,11,16-19,22H,3,5,7-10H2,1-2H3/t16-,17-,18+,19-,20+/m1/s1. The van der Waals surface area contributed by atoms with Gasteiger partial charge in [0, 0.05) is 12.3 Å². The summed E-state index contributed by atoms with van der Waals surface area (Å²) in [7, 11) is 0. The van der Waals surface area contributed by atoms with E-state index in [1.54, 1.807) is 0 Å². The van der Waals surface area contributed by atoms with Crippen molar-refractivity contribution in [2.45, 2.75) is 64.4 Å². The third-order valence-electron chi connectivity index (χ3n) is 6.93. The van der Waals surface area contributed by atoms with Gasteiger partial charge in [-0.25, -0.2) is 0 Å². The van der Waals surface area contributed by atoms with Crippen LogP contribution in [0.1, 0.15) is 63.0 Å². The number of benzene rings is 1. The highest BCUT2D eigenvalue weighted by molar-refractivity contribution is 5.66. The Morgan fingerprint density at radius 3 is 2.87 bits per heavy atom. The van der Waals surface area contributed by atoms with Crippen molar-refractivity contribution in [2.75, 3.05) is 0 Å². The number of hydrogen-bond acceptors (Lipinski definition) is 3. The topological polar surface area (TPSA) is 46.5 Å². The molecule has 3 aliphatic carbocycles. The number of phenolic OH excluding ortho intramolecular Hbond substituents is 1. The minimum atomic E-state index is -0.136. The zero-order valence-corrected chi connectivity index (χ0v) is 14.0. The summed E-state index contributed by atoms with van der Waals surface area (Å²) in [4.78, 5) is 11.4. The van der Waals surface area contributed by atoms with Gasteiger partial charge in [0.15, 0.2) is 0 Å². The number of phenols is 1. The lowest BCUT2D eigenvalue weighted by atomic mass is 9.55. The Kier molecular flexibility index (Phi) is 3.44. The second-order valence-corrected chi connectivity index (χ2v) is 8.02. The van der Waals surface area contributed by atoms with Gasteiger partial charge in [-0.2, -0.15) is 0 Å². The summed E-state index contributed by atoms with van der Waals surface area (Å²) < 4.78 is 5.68. The summed E-state index contributed by atoms with van der Waals surface area (Å²) in [5.74, 6) is 2.23. The van der Waals surface area contributed by atoms with Crippen LogP contribution in [0.25, 0.3) is 0 Å². The molecule has 124 valence electrons. The SMILES string of the molecule is CC(=O)O[C@@H]1CC[C@H]2[C@@H]3CCc4cc(O)ccc4[C@H]3CC[C@]12C. The summed E-state index contributed by atoms with van der Waals surface area (Å²) in [6.45, 7) is 3.88. The fraction of sp³-hybridized carbons (Fsp3) is 0.650. The van der Waals surface area contributed by atoms with Crippen molar-refractivity contribution >= 4 is 5.97 Å². The second kappa shape index (κ2) is 5.25. The van der Waals surface area contributed by atoms with Crippen molar-refractivity contribution in [3.8, 4) is 5.75 Å². The molecule has 0 unspecified atom stereocenters. The summed E-state index contributed by atoms with van der Waals surface area (Å²) in [5, 5.41) is 9.75. The Labute approximate surface area is 138 Å². The highest BCUT2D eigenvalue weighted by atomic mass is 16.5. The van der Waals surface area contributed by atoms with E-state index in [2.05, 4.69) is 13.0 Å². The molecule has 0 aliphatic heterocycles. The number of carbonyl (C=O) groups is 1. The van der Waals surface area contributed by atoms with E-state index in [1.165, 1.54) is 37.3 Å². The quantitative estimate of drug-likeness (QED) is 0.791. The van der Waals surface area contributed by atoms with E-state index in [1.807, 2.05) is 12.1 Å². The number of carbonyl (C=O) groups excluding carboxylic acids is 1. The molecule has 2 fully saturated rings. The number of rotatable bonds is 1. The average Bonchev–Trinajstić information content (AvgIpc) is 2.83. The molecular weight excluding hydrogens is 288 g/mol. The van der Waals surface area contributed by atoms with Crippen molar-refractivity contribution in [3.05, 3.63) is 29.3 Å². The van der Waals surface area contributed by atoms with Gasteiger partial charge >= 0.3 is 5.97 Å². The first kappa shape index (κ1) is 15.0. The third kappa shape index (κ3) is 2.28. The number of hydrogen-bond donors (Lipinski definition) is 1. The van der Waals surface area contributed by atoms with Crippen LogP contribution >= 0.6 is 0 Å². The normalized spacial score (nSPS) is 38.3. The van der Waals surface area contributed by atoms with Gasteiger partial charge in [-0.1, -0.05) is 13.0 Å².